The van der Waals surface area contributed by atoms with Gasteiger partial charge < -0.3 is 10.3 Å². The average Bonchev–Trinajstić information content (AvgIpc) is 3.11. The number of nitrogens with one attached hydrogen (secondary N) is 3. The Morgan fingerprint density at radius 2 is 2.17 bits per heavy atom. The molecular weight excluding hydrogens is 296 g/mol. The first-order valence-electron chi connectivity index (χ1n) is 7.54. The van der Waals surface area contributed by atoms with Crippen LogP contribution in [-0.2, 0) is 4.79 Å². The van der Waals surface area contributed by atoms with Crippen LogP contribution >= 0.6 is 0 Å². The molecule has 2 aliphatic heterocycles. The number of carbonyl (C=O) groups is 2. The summed E-state index contributed by atoms with van der Waals surface area (Å²) in [5, 5.41) is 6.92. The smallest absolute Gasteiger partial charge is 0.324 e. The molecule has 0 bridgehead atoms. The number of aromatic nitrogens is 2. The van der Waals surface area contributed by atoms with E-state index in [0.29, 0.717) is 25.5 Å². The fourth-order valence-electron chi connectivity index (χ4n) is 2.96. The van der Waals surface area contributed by atoms with Gasteiger partial charge in [-0.25, -0.2) is 15.2 Å². The number of aromatic amines is 1. The van der Waals surface area contributed by atoms with Crippen LogP contribution in [0.1, 0.15) is 18.9 Å². The first-order chi connectivity index (χ1) is 11.1. The number of imidazole rings is 1. The van der Waals surface area contributed by atoms with Crippen LogP contribution in [-0.4, -0.2) is 40.7 Å². The predicted octanol–water partition coefficient (Wildman–Crippen LogP) is 0.953. The van der Waals surface area contributed by atoms with Crippen molar-refractivity contribution in [3.8, 4) is 0 Å². The Labute approximate surface area is 131 Å². The van der Waals surface area contributed by atoms with Crippen molar-refractivity contribution >= 4 is 34.6 Å². The van der Waals surface area contributed by atoms with E-state index in [-0.39, 0.29) is 17.9 Å². The third kappa shape index (κ3) is 2.32. The Bertz CT molecular complexity index is 840. The van der Waals surface area contributed by atoms with Gasteiger partial charge in [0.2, 0.25) is 11.9 Å². The van der Waals surface area contributed by atoms with Crippen molar-refractivity contribution < 1.29 is 9.59 Å². The van der Waals surface area contributed by atoms with Crippen molar-refractivity contribution in [3.05, 3.63) is 23.8 Å². The molecule has 1 saturated heterocycles. The molecule has 8 heteroatoms. The number of hydrogen-bond donors (Lipinski definition) is 3. The molecule has 4 rings (SSSR count). The van der Waals surface area contributed by atoms with Gasteiger partial charge in [0.25, 0.3) is 0 Å². The zero-order valence-corrected chi connectivity index (χ0v) is 12.6. The van der Waals surface area contributed by atoms with E-state index in [0.717, 1.165) is 22.3 Å². The quantitative estimate of drug-likeness (QED) is 0.769. The second-order valence-corrected chi connectivity index (χ2v) is 5.81. The summed E-state index contributed by atoms with van der Waals surface area (Å²) in [5.41, 5.74) is 5.92. The summed E-state index contributed by atoms with van der Waals surface area (Å²) in [5.74, 6) is 0.535. The lowest BCUT2D eigenvalue weighted by Gasteiger charge is -2.18. The summed E-state index contributed by atoms with van der Waals surface area (Å²) < 4.78 is 0. The Hall–Kier alpha value is -2.90. The molecule has 1 aromatic heterocycles. The van der Waals surface area contributed by atoms with Crippen LogP contribution in [0.3, 0.4) is 0 Å². The van der Waals surface area contributed by atoms with Gasteiger partial charge in [-0.05, 0) is 12.1 Å². The van der Waals surface area contributed by atoms with Gasteiger partial charge in [-0.2, -0.15) is 5.10 Å². The van der Waals surface area contributed by atoms with Gasteiger partial charge in [0.1, 0.15) is 0 Å². The number of carbonyl (C=O) groups excluding carboxylic acids is 2. The molecule has 1 atom stereocenters. The van der Waals surface area contributed by atoms with E-state index < -0.39 is 0 Å². The van der Waals surface area contributed by atoms with Crippen molar-refractivity contribution in [2.45, 2.75) is 13.3 Å². The van der Waals surface area contributed by atoms with Gasteiger partial charge in [0.15, 0.2) is 0 Å². The standard InChI is InChI=1S/C15H16N6O2/c1-8-6-12(22)19-20-13(8)9-2-3-10-11(7-9)18-14(17-10)21-5-4-16-15(21)23/h2-3,7-8H,4-6H2,1H3,(H,16,23)(H,17,18)(H,19,22). The van der Waals surface area contributed by atoms with E-state index in [1.807, 2.05) is 25.1 Å². The molecule has 3 N–H and O–H groups in total. The number of hydrazone groups is 1. The summed E-state index contributed by atoms with van der Waals surface area (Å²) >= 11 is 0. The minimum absolute atomic E-state index is 0.0592. The third-order valence-corrected chi connectivity index (χ3v) is 4.14. The van der Waals surface area contributed by atoms with Crippen molar-refractivity contribution in [1.82, 2.24) is 20.7 Å². The number of H-pyrrole nitrogens is 1. The first kappa shape index (κ1) is 13.7. The largest absolute Gasteiger partial charge is 0.336 e. The van der Waals surface area contributed by atoms with Gasteiger partial charge in [-0.15, -0.1) is 0 Å². The maximum Gasteiger partial charge on any atom is 0.324 e. The minimum Gasteiger partial charge on any atom is -0.336 e. The lowest BCUT2D eigenvalue weighted by molar-refractivity contribution is -0.121. The van der Waals surface area contributed by atoms with Crippen molar-refractivity contribution in [2.75, 3.05) is 18.0 Å². The van der Waals surface area contributed by atoms with Gasteiger partial charge in [0, 0.05) is 31.0 Å². The molecule has 3 amide bonds. The Morgan fingerprint density at radius 3 is 2.91 bits per heavy atom. The van der Waals surface area contributed by atoms with E-state index >= 15 is 0 Å². The summed E-state index contributed by atoms with van der Waals surface area (Å²) in [7, 11) is 0. The van der Waals surface area contributed by atoms with Crippen LogP contribution in [0.5, 0.6) is 0 Å². The molecule has 0 radical (unpaired) electrons. The molecule has 23 heavy (non-hydrogen) atoms. The summed E-state index contributed by atoms with van der Waals surface area (Å²) in [6.45, 7) is 3.20. The number of benzene rings is 1. The lowest BCUT2D eigenvalue weighted by Crippen LogP contribution is -2.31. The number of anilines is 1. The molecule has 0 saturated carbocycles. The number of amides is 3. The van der Waals surface area contributed by atoms with Gasteiger partial charge in [0.05, 0.1) is 16.7 Å². The highest BCUT2D eigenvalue weighted by atomic mass is 16.2. The van der Waals surface area contributed by atoms with Crippen molar-refractivity contribution in [1.29, 1.82) is 0 Å². The van der Waals surface area contributed by atoms with Crippen LogP contribution in [0.15, 0.2) is 23.3 Å². The van der Waals surface area contributed by atoms with Crippen LogP contribution in [0.25, 0.3) is 11.0 Å². The van der Waals surface area contributed by atoms with E-state index in [4.69, 9.17) is 0 Å². The zero-order valence-electron chi connectivity index (χ0n) is 12.6. The SMILES string of the molecule is CC1CC(=O)NN=C1c1ccc2[nH]c(N3CCNC3=O)nc2c1. The summed E-state index contributed by atoms with van der Waals surface area (Å²) in [4.78, 5) is 32.4. The van der Waals surface area contributed by atoms with Crippen LogP contribution in [0.2, 0.25) is 0 Å². The lowest BCUT2D eigenvalue weighted by atomic mass is 9.94. The van der Waals surface area contributed by atoms with Gasteiger partial charge in [-0.1, -0.05) is 13.0 Å². The summed E-state index contributed by atoms with van der Waals surface area (Å²) in [6.07, 6.45) is 0.427. The average molecular weight is 312 g/mol. The minimum atomic E-state index is -0.141. The van der Waals surface area contributed by atoms with Gasteiger partial charge >= 0.3 is 6.03 Å². The van der Waals surface area contributed by atoms with E-state index in [1.165, 1.54) is 0 Å². The Kier molecular flexibility index (Phi) is 3.03. The van der Waals surface area contributed by atoms with E-state index in [9.17, 15) is 9.59 Å². The number of hydrogen-bond acceptors (Lipinski definition) is 4. The highest BCUT2D eigenvalue weighted by molar-refractivity contribution is 6.07. The van der Waals surface area contributed by atoms with E-state index in [2.05, 4.69) is 25.8 Å². The number of urea groups is 1. The summed E-state index contributed by atoms with van der Waals surface area (Å²) in [6, 6.07) is 5.65. The molecule has 8 nitrogen and oxygen atoms in total. The van der Waals surface area contributed by atoms with Crippen LogP contribution in [0, 0.1) is 5.92 Å². The highest BCUT2D eigenvalue weighted by Crippen LogP contribution is 2.23. The molecule has 0 aliphatic carbocycles. The number of nitrogens with zero attached hydrogens (tertiary/aromatic N) is 3. The van der Waals surface area contributed by atoms with Crippen molar-refractivity contribution in [2.24, 2.45) is 11.0 Å². The Balaban J connectivity index is 1.71. The fourth-order valence-corrected chi connectivity index (χ4v) is 2.96. The maximum atomic E-state index is 11.7. The maximum absolute atomic E-state index is 11.7. The molecule has 1 aromatic carbocycles. The normalized spacial score (nSPS) is 21.3. The van der Waals surface area contributed by atoms with Gasteiger partial charge in [-0.3, -0.25) is 9.69 Å². The topological polar surface area (TPSA) is 102 Å². The molecule has 0 spiro atoms. The monoisotopic (exact) mass is 312 g/mol. The highest BCUT2D eigenvalue weighted by Gasteiger charge is 2.25. The second kappa shape index (κ2) is 5.08. The molecule has 1 unspecified atom stereocenters. The number of rotatable bonds is 2. The molecule has 1 fully saturated rings. The van der Waals surface area contributed by atoms with E-state index in [1.54, 1.807) is 4.90 Å². The molecule has 3 heterocycles. The third-order valence-electron chi connectivity index (χ3n) is 4.14. The zero-order chi connectivity index (χ0) is 16.0. The van der Waals surface area contributed by atoms with Crippen molar-refractivity contribution in [3.63, 3.8) is 0 Å². The predicted molar refractivity (Wildman–Crippen MR) is 85.3 cm³/mol. The molecule has 118 valence electrons. The molecular formula is C15H16N6O2. The van der Waals surface area contributed by atoms with Crippen LogP contribution < -0.4 is 15.6 Å². The molecule has 2 aliphatic rings. The second-order valence-electron chi connectivity index (χ2n) is 5.81. The number of fused-ring (bicyclic) bond motifs is 1. The Morgan fingerprint density at radius 1 is 1.30 bits per heavy atom. The molecule has 2 aromatic rings. The van der Waals surface area contributed by atoms with Crippen LogP contribution in [0.4, 0.5) is 10.7 Å². The fraction of sp³-hybridized carbons (Fsp3) is 0.333. The first-order valence-corrected chi connectivity index (χ1v) is 7.54.